The third-order valence-electron chi connectivity index (χ3n) is 3.15. The molecule has 3 N–H and O–H groups in total. The largest absolute Gasteiger partial charge is 0.481 e. The van der Waals surface area contributed by atoms with Gasteiger partial charge in [0.15, 0.2) is 0 Å². The van der Waals surface area contributed by atoms with Crippen molar-refractivity contribution in [1.29, 1.82) is 0 Å². The fraction of sp³-hybridized carbons (Fsp3) is 0.765. The van der Waals surface area contributed by atoms with Crippen molar-refractivity contribution in [2.45, 2.75) is 64.6 Å². The highest BCUT2D eigenvalue weighted by molar-refractivity contribution is 7.98. The van der Waals surface area contributed by atoms with Gasteiger partial charge in [-0.2, -0.15) is 11.8 Å². The highest BCUT2D eigenvalue weighted by Crippen LogP contribution is 2.09. The average Bonchev–Trinajstić information content (AvgIpc) is 2.53. The molecule has 2 atom stereocenters. The highest BCUT2D eigenvalue weighted by atomic mass is 32.2. The van der Waals surface area contributed by atoms with Gasteiger partial charge in [0.2, 0.25) is 5.91 Å². The standard InChI is InChI=1S/C17H30N2O7S/c1-6-25-15(23)12(7-8-13(20)21)18-14(22)11(9-10-27-5)19-16(24)26-17(2,3)4/h11-12H,6-10H2,1-5H3,(H,18,22)(H,19,24)(H,20,21)/t11-,12-/m1/s1. The number of carbonyl (C=O) groups excluding carboxylic acids is 3. The molecule has 156 valence electrons. The Labute approximate surface area is 163 Å². The Kier molecular flexibility index (Phi) is 11.5. The molecule has 27 heavy (non-hydrogen) atoms. The third-order valence-corrected chi connectivity index (χ3v) is 3.80. The van der Waals surface area contributed by atoms with Gasteiger partial charge in [-0.3, -0.25) is 9.59 Å². The fourth-order valence-electron chi connectivity index (χ4n) is 1.99. The number of thioether (sulfide) groups is 1. The number of carboxylic acid groups (broad SMARTS) is 1. The molecule has 0 aliphatic rings. The van der Waals surface area contributed by atoms with E-state index < -0.39 is 41.6 Å². The maximum Gasteiger partial charge on any atom is 0.408 e. The lowest BCUT2D eigenvalue weighted by Gasteiger charge is -2.24. The van der Waals surface area contributed by atoms with Gasteiger partial charge >= 0.3 is 18.0 Å². The van der Waals surface area contributed by atoms with E-state index in [2.05, 4.69) is 10.6 Å². The minimum atomic E-state index is -1.11. The molecule has 0 radical (unpaired) electrons. The molecule has 0 saturated carbocycles. The number of alkyl carbamates (subject to hydrolysis) is 1. The molecule has 0 saturated heterocycles. The molecule has 0 bridgehead atoms. The summed E-state index contributed by atoms with van der Waals surface area (Å²) in [6.07, 6.45) is 1.01. The second-order valence-electron chi connectivity index (χ2n) is 6.73. The molecular weight excluding hydrogens is 376 g/mol. The Morgan fingerprint density at radius 2 is 1.70 bits per heavy atom. The summed E-state index contributed by atoms with van der Waals surface area (Å²) in [5.41, 5.74) is -0.723. The number of carboxylic acids is 1. The van der Waals surface area contributed by atoms with E-state index in [9.17, 15) is 19.2 Å². The van der Waals surface area contributed by atoms with Crippen LogP contribution in [-0.2, 0) is 23.9 Å². The van der Waals surface area contributed by atoms with Crippen molar-refractivity contribution in [3.63, 3.8) is 0 Å². The third kappa shape index (κ3) is 12.1. The Morgan fingerprint density at radius 3 is 2.19 bits per heavy atom. The van der Waals surface area contributed by atoms with Crippen molar-refractivity contribution in [3.05, 3.63) is 0 Å². The molecular formula is C17H30N2O7S. The van der Waals surface area contributed by atoms with Gasteiger partial charge in [0.25, 0.3) is 0 Å². The average molecular weight is 407 g/mol. The van der Waals surface area contributed by atoms with Gasteiger partial charge in [0.1, 0.15) is 17.7 Å². The SMILES string of the molecule is CCOC(=O)[C@@H](CCC(=O)O)NC(=O)[C@@H](CCSC)NC(=O)OC(C)(C)C. The van der Waals surface area contributed by atoms with Crippen molar-refractivity contribution in [2.75, 3.05) is 18.6 Å². The number of aliphatic carboxylic acids is 1. The molecule has 0 heterocycles. The van der Waals surface area contributed by atoms with E-state index in [1.165, 1.54) is 11.8 Å². The van der Waals surface area contributed by atoms with Crippen LogP contribution in [0, 0.1) is 0 Å². The van der Waals surface area contributed by atoms with Crippen LogP contribution < -0.4 is 10.6 Å². The topological polar surface area (TPSA) is 131 Å². The molecule has 0 spiro atoms. The Morgan fingerprint density at radius 1 is 1.07 bits per heavy atom. The van der Waals surface area contributed by atoms with Gasteiger partial charge in [-0.05, 0) is 52.5 Å². The van der Waals surface area contributed by atoms with Crippen LogP contribution in [-0.4, -0.2) is 65.3 Å². The van der Waals surface area contributed by atoms with Crippen LogP contribution in [0.4, 0.5) is 4.79 Å². The molecule has 0 fully saturated rings. The van der Waals surface area contributed by atoms with Crippen LogP contribution in [0.2, 0.25) is 0 Å². The van der Waals surface area contributed by atoms with Crippen molar-refractivity contribution in [2.24, 2.45) is 0 Å². The summed E-state index contributed by atoms with van der Waals surface area (Å²) in [7, 11) is 0. The lowest BCUT2D eigenvalue weighted by molar-refractivity contribution is -0.148. The van der Waals surface area contributed by atoms with Crippen LogP contribution in [0.1, 0.15) is 47.0 Å². The van der Waals surface area contributed by atoms with Crippen molar-refractivity contribution in [1.82, 2.24) is 10.6 Å². The second-order valence-corrected chi connectivity index (χ2v) is 7.71. The van der Waals surface area contributed by atoms with Gasteiger partial charge in [-0.25, -0.2) is 9.59 Å². The van der Waals surface area contributed by atoms with Crippen LogP contribution in [0.3, 0.4) is 0 Å². The minimum absolute atomic E-state index is 0.102. The first kappa shape index (κ1) is 25.0. The number of amides is 2. The zero-order chi connectivity index (χ0) is 21.0. The monoisotopic (exact) mass is 406 g/mol. The van der Waals surface area contributed by atoms with Crippen LogP contribution >= 0.6 is 11.8 Å². The maximum atomic E-state index is 12.6. The predicted octanol–water partition coefficient (Wildman–Crippen LogP) is 1.55. The van der Waals surface area contributed by atoms with E-state index in [0.717, 1.165) is 0 Å². The Bertz CT molecular complexity index is 520. The second kappa shape index (κ2) is 12.4. The summed E-state index contributed by atoms with van der Waals surface area (Å²) >= 11 is 1.49. The number of ether oxygens (including phenoxy) is 2. The molecule has 10 heteroatoms. The summed E-state index contributed by atoms with van der Waals surface area (Å²) in [6.45, 7) is 6.81. The van der Waals surface area contributed by atoms with Gasteiger partial charge in [0, 0.05) is 6.42 Å². The normalized spacial score (nSPS) is 13.2. The lowest BCUT2D eigenvalue weighted by Crippen LogP contribution is -2.52. The highest BCUT2D eigenvalue weighted by Gasteiger charge is 2.29. The van der Waals surface area contributed by atoms with E-state index in [4.69, 9.17) is 14.6 Å². The molecule has 9 nitrogen and oxygen atoms in total. The smallest absolute Gasteiger partial charge is 0.408 e. The van der Waals surface area contributed by atoms with E-state index in [1.54, 1.807) is 27.7 Å². The molecule has 0 aromatic rings. The minimum Gasteiger partial charge on any atom is -0.481 e. The van der Waals surface area contributed by atoms with Crippen LogP contribution in [0.5, 0.6) is 0 Å². The first-order chi connectivity index (χ1) is 12.5. The molecule has 0 rings (SSSR count). The van der Waals surface area contributed by atoms with Crippen molar-refractivity contribution >= 4 is 35.7 Å². The quantitative estimate of drug-likeness (QED) is 0.440. The molecule has 0 unspecified atom stereocenters. The summed E-state index contributed by atoms with van der Waals surface area (Å²) in [4.78, 5) is 47.3. The number of nitrogens with one attached hydrogen (secondary N) is 2. The van der Waals surface area contributed by atoms with Crippen molar-refractivity contribution < 1.29 is 33.8 Å². The zero-order valence-electron chi connectivity index (χ0n) is 16.5. The maximum absolute atomic E-state index is 12.6. The van der Waals surface area contributed by atoms with Crippen LogP contribution in [0.25, 0.3) is 0 Å². The lowest BCUT2D eigenvalue weighted by atomic mass is 10.1. The number of carbonyl (C=O) groups is 4. The molecule has 2 amide bonds. The van der Waals surface area contributed by atoms with Gasteiger partial charge in [0.05, 0.1) is 6.61 Å². The summed E-state index contributed by atoms with van der Waals surface area (Å²) in [5.74, 6) is -1.82. The number of hydrogen-bond acceptors (Lipinski definition) is 7. The predicted molar refractivity (Wildman–Crippen MR) is 102 cm³/mol. The molecule has 0 aromatic heterocycles. The van der Waals surface area contributed by atoms with E-state index in [-0.39, 0.29) is 19.4 Å². The first-order valence-corrected chi connectivity index (χ1v) is 10.1. The Balaban J connectivity index is 5.09. The Hall–Kier alpha value is -1.97. The molecule has 0 aliphatic carbocycles. The fourth-order valence-corrected chi connectivity index (χ4v) is 2.46. The van der Waals surface area contributed by atoms with Gasteiger partial charge in [-0.1, -0.05) is 0 Å². The number of esters is 1. The van der Waals surface area contributed by atoms with E-state index in [1.807, 2.05) is 6.26 Å². The number of rotatable bonds is 11. The number of hydrogen-bond donors (Lipinski definition) is 3. The van der Waals surface area contributed by atoms with Crippen molar-refractivity contribution in [3.8, 4) is 0 Å². The van der Waals surface area contributed by atoms with Crippen LogP contribution in [0.15, 0.2) is 0 Å². The zero-order valence-corrected chi connectivity index (χ0v) is 17.3. The summed E-state index contributed by atoms with van der Waals surface area (Å²) in [6, 6.07) is -2.03. The first-order valence-electron chi connectivity index (χ1n) is 8.67. The molecule has 0 aromatic carbocycles. The summed E-state index contributed by atoms with van der Waals surface area (Å²) < 4.78 is 10.0. The van der Waals surface area contributed by atoms with Gasteiger partial charge in [-0.15, -0.1) is 0 Å². The summed E-state index contributed by atoms with van der Waals surface area (Å²) in [5, 5.41) is 13.8. The van der Waals surface area contributed by atoms with E-state index in [0.29, 0.717) is 12.2 Å². The molecule has 0 aliphatic heterocycles. The van der Waals surface area contributed by atoms with E-state index >= 15 is 0 Å². The van der Waals surface area contributed by atoms with Gasteiger partial charge < -0.3 is 25.2 Å².